The summed E-state index contributed by atoms with van der Waals surface area (Å²) in [6, 6.07) is 0. The van der Waals surface area contributed by atoms with Crippen molar-refractivity contribution in [2.45, 2.75) is 44.9 Å². The summed E-state index contributed by atoms with van der Waals surface area (Å²) in [5.74, 6) is -0.887. The Bertz CT molecular complexity index is 565. The van der Waals surface area contributed by atoms with Crippen molar-refractivity contribution in [1.82, 2.24) is 9.88 Å². The number of nitrogens with zero attached hydrogens (tertiary/aromatic N) is 2. The molecule has 1 aliphatic carbocycles. The van der Waals surface area contributed by atoms with E-state index in [0.717, 1.165) is 30.0 Å². The summed E-state index contributed by atoms with van der Waals surface area (Å²) >= 11 is 1.66. The summed E-state index contributed by atoms with van der Waals surface area (Å²) in [7, 11) is 0. The zero-order valence-corrected chi connectivity index (χ0v) is 13.0. The number of aryl methyl sites for hydroxylation is 1. The van der Waals surface area contributed by atoms with E-state index in [0.29, 0.717) is 25.9 Å². The summed E-state index contributed by atoms with van der Waals surface area (Å²) in [6.07, 6.45) is 3.85. The van der Waals surface area contributed by atoms with Gasteiger partial charge in [-0.3, -0.25) is 9.59 Å². The van der Waals surface area contributed by atoms with Gasteiger partial charge >= 0.3 is 5.97 Å². The molecule has 114 valence electrons. The topological polar surface area (TPSA) is 70.5 Å². The van der Waals surface area contributed by atoms with Gasteiger partial charge in [0, 0.05) is 24.4 Å². The molecule has 1 amide bonds. The number of hydrogen-bond acceptors (Lipinski definition) is 4. The van der Waals surface area contributed by atoms with E-state index in [1.54, 1.807) is 16.2 Å². The van der Waals surface area contributed by atoms with Crippen LogP contribution in [0.25, 0.3) is 0 Å². The normalized spacial score (nSPS) is 23.9. The number of thiazole rings is 1. The van der Waals surface area contributed by atoms with Crippen LogP contribution in [-0.2, 0) is 16.0 Å². The number of aromatic nitrogens is 1. The van der Waals surface area contributed by atoms with Gasteiger partial charge in [0.15, 0.2) is 0 Å². The largest absolute Gasteiger partial charge is 0.480 e. The molecule has 0 aromatic carbocycles. The number of carboxylic acid groups (broad SMARTS) is 1. The predicted molar refractivity (Wildman–Crippen MR) is 79.3 cm³/mol. The molecule has 5 nitrogen and oxygen atoms in total. The number of amides is 1. The molecule has 3 rings (SSSR count). The molecule has 2 aliphatic rings. The van der Waals surface area contributed by atoms with Crippen LogP contribution in [0.15, 0.2) is 5.38 Å². The van der Waals surface area contributed by atoms with Gasteiger partial charge in [-0.15, -0.1) is 11.3 Å². The molecule has 0 unspecified atom stereocenters. The minimum atomic E-state index is -1.11. The molecule has 0 bridgehead atoms. The lowest BCUT2D eigenvalue weighted by Crippen LogP contribution is -2.45. The van der Waals surface area contributed by atoms with E-state index in [9.17, 15) is 14.7 Å². The number of rotatable bonds is 4. The highest BCUT2D eigenvalue weighted by Crippen LogP contribution is 2.48. The molecule has 1 aromatic heterocycles. The van der Waals surface area contributed by atoms with Crippen molar-refractivity contribution in [3.8, 4) is 0 Å². The van der Waals surface area contributed by atoms with Crippen LogP contribution in [0, 0.1) is 5.41 Å². The lowest BCUT2D eigenvalue weighted by atomic mass is 9.96. The Labute approximate surface area is 128 Å². The smallest absolute Gasteiger partial charge is 0.319 e. The first-order valence-electron chi connectivity index (χ1n) is 7.54. The molecule has 21 heavy (non-hydrogen) atoms. The first-order chi connectivity index (χ1) is 10.1. The Morgan fingerprint density at radius 1 is 1.52 bits per heavy atom. The number of aliphatic carboxylic acids is 1. The lowest BCUT2D eigenvalue weighted by Gasteiger charge is -2.33. The van der Waals surface area contributed by atoms with Gasteiger partial charge < -0.3 is 10.0 Å². The quantitative estimate of drug-likeness (QED) is 0.866. The summed E-state index contributed by atoms with van der Waals surface area (Å²) in [6.45, 7) is 3.38. The minimum absolute atomic E-state index is 0.188. The van der Waals surface area contributed by atoms with Crippen LogP contribution in [0.1, 0.15) is 49.2 Å². The minimum Gasteiger partial charge on any atom is -0.480 e. The van der Waals surface area contributed by atoms with Crippen molar-refractivity contribution in [3.63, 3.8) is 0 Å². The van der Waals surface area contributed by atoms with Crippen LogP contribution in [-0.4, -0.2) is 40.0 Å². The van der Waals surface area contributed by atoms with Gasteiger partial charge in [-0.25, -0.2) is 4.98 Å². The second-order valence-corrected chi connectivity index (χ2v) is 6.90. The number of carbonyl (C=O) groups excluding carboxylic acids is 1. The van der Waals surface area contributed by atoms with Gasteiger partial charge in [-0.1, -0.05) is 6.92 Å². The molecule has 6 heteroatoms. The van der Waals surface area contributed by atoms with Gasteiger partial charge in [0.25, 0.3) is 0 Å². The molecule has 2 fully saturated rings. The third-order valence-electron chi connectivity index (χ3n) is 4.56. The second kappa shape index (κ2) is 5.40. The fourth-order valence-corrected chi connectivity index (χ4v) is 4.01. The molecule has 1 saturated heterocycles. The third-order valence-corrected chi connectivity index (χ3v) is 5.61. The van der Waals surface area contributed by atoms with E-state index in [4.69, 9.17) is 0 Å². The monoisotopic (exact) mass is 308 g/mol. The molecule has 1 aromatic rings. The summed E-state index contributed by atoms with van der Waals surface area (Å²) in [5, 5.41) is 12.4. The van der Waals surface area contributed by atoms with Crippen LogP contribution in [0.2, 0.25) is 0 Å². The number of carboxylic acids is 1. The maximum Gasteiger partial charge on any atom is 0.319 e. The summed E-state index contributed by atoms with van der Waals surface area (Å²) < 4.78 is 0. The van der Waals surface area contributed by atoms with Crippen LogP contribution >= 0.6 is 11.3 Å². The van der Waals surface area contributed by atoms with Crippen LogP contribution in [0.3, 0.4) is 0 Å². The van der Waals surface area contributed by atoms with E-state index in [1.807, 2.05) is 0 Å². The number of likely N-dealkylation sites (tertiary alicyclic amines) is 1. The molecular formula is C15H20N2O3S. The van der Waals surface area contributed by atoms with E-state index in [2.05, 4.69) is 17.3 Å². The zero-order valence-electron chi connectivity index (χ0n) is 12.2. The van der Waals surface area contributed by atoms with Gasteiger partial charge in [0.05, 0.1) is 10.7 Å². The highest BCUT2D eigenvalue weighted by molar-refractivity contribution is 7.09. The third kappa shape index (κ3) is 2.57. The van der Waals surface area contributed by atoms with E-state index in [1.165, 1.54) is 0 Å². The van der Waals surface area contributed by atoms with Gasteiger partial charge in [0.1, 0.15) is 5.41 Å². The van der Waals surface area contributed by atoms with E-state index >= 15 is 0 Å². The average Bonchev–Trinajstić information content (AvgIpc) is 3.18. The number of carbonyl (C=O) groups is 2. The molecule has 1 atom stereocenters. The SMILES string of the molecule is CCc1csc([C@H]2CCCN(C(=O)C3(C(=O)O)CC3)C2)n1. The Hall–Kier alpha value is -1.43. The maximum absolute atomic E-state index is 12.5. The summed E-state index contributed by atoms with van der Waals surface area (Å²) in [5.41, 5.74) is -0.0121. The van der Waals surface area contributed by atoms with Crippen molar-refractivity contribution in [2.24, 2.45) is 5.41 Å². The first kappa shape index (κ1) is 14.5. The lowest BCUT2D eigenvalue weighted by molar-refractivity contribution is -0.154. The predicted octanol–water partition coefficient (Wildman–Crippen LogP) is 2.28. The highest BCUT2D eigenvalue weighted by atomic mass is 32.1. The fourth-order valence-electron chi connectivity index (χ4n) is 2.98. The van der Waals surface area contributed by atoms with Gasteiger partial charge in [-0.2, -0.15) is 0 Å². The average molecular weight is 308 g/mol. The molecule has 1 saturated carbocycles. The summed E-state index contributed by atoms with van der Waals surface area (Å²) in [4.78, 5) is 30.2. The van der Waals surface area contributed by atoms with Crippen molar-refractivity contribution in [3.05, 3.63) is 16.1 Å². The Balaban J connectivity index is 1.71. The van der Waals surface area contributed by atoms with Crippen molar-refractivity contribution in [2.75, 3.05) is 13.1 Å². The fraction of sp³-hybridized carbons (Fsp3) is 0.667. The van der Waals surface area contributed by atoms with E-state index < -0.39 is 11.4 Å². The standard InChI is InChI=1S/C15H20N2O3S/c1-2-11-9-21-12(16-11)10-4-3-7-17(8-10)13(18)15(5-6-15)14(19)20/h9-10H,2-8H2,1H3,(H,19,20)/t10-/m0/s1. The highest BCUT2D eigenvalue weighted by Gasteiger charge is 2.58. The van der Waals surface area contributed by atoms with Crippen LogP contribution in [0.4, 0.5) is 0 Å². The van der Waals surface area contributed by atoms with Gasteiger partial charge in [-0.05, 0) is 32.1 Å². The van der Waals surface area contributed by atoms with E-state index in [-0.39, 0.29) is 11.8 Å². The van der Waals surface area contributed by atoms with Crippen molar-refractivity contribution >= 4 is 23.2 Å². The molecule has 0 radical (unpaired) electrons. The molecule has 2 heterocycles. The van der Waals surface area contributed by atoms with Crippen molar-refractivity contribution in [1.29, 1.82) is 0 Å². The molecular weight excluding hydrogens is 288 g/mol. The van der Waals surface area contributed by atoms with Crippen LogP contribution in [0.5, 0.6) is 0 Å². The maximum atomic E-state index is 12.5. The van der Waals surface area contributed by atoms with Gasteiger partial charge in [0.2, 0.25) is 5.91 Å². The Morgan fingerprint density at radius 2 is 2.29 bits per heavy atom. The zero-order chi connectivity index (χ0) is 15.0. The number of hydrogen-bond donors (Lipinski definition) is 1. The Morgan fingerprint density at radius 3 is 2.86 bits per heavy atom. The van der Waals surface area contributed by atoms with Crippen molar-refractivity contribution < 1.29 is 14.7 Å². The second-order valence-electron chi connectivity index (χ2n) is 6.01. The Kier molecular flexibility index (Phi) is 3.73. The number of piperidine rings is 1. The molecule has 1 aliphatic heterocycles. The first-order valence-corrected chi connectivity index (χ1v) is 8.42. The van der Waals surface area contributed by atoms with Crippen LogP contribution < -0.4 is 0 Å². The molecule has 1 N–H and O–H groups in total. The molecule has 0 spiro atoms.